The molecule has 1 fully saturated rings. The highest BCUT2D eigenvalue weighted by Crippen LogP contribution is 2.22. The Balaban J connectivity index is 2.10. The summed E-state index contributed by atoms with van der Waals surface area (Å²) in [5.74, 6) is -0.817. The SMILES string of the molecule is CCc1cccc(CC)c1NC(=O)C[NH+]1CCNC(=O)[C@H]1CC(=O)OC. The normalized spacial score (nSPS) is 19.6. The van der Waals surface area contributed by atoms with Crippen LogP contribution in [0.3, 0.4) is 0 Å². The molecule has 0 saturated carbocycles. The van der Waals surface area contributed by atoms with Gasteiger partial charge in [-0.05, 0) is 24.0 Å². The molecule has 2 atom stereocenters. The molecule has 2 amide bonds. The third-order valence-corrected chi connectivity index (χ3v) is 4.80. The van der Waals surface area contributed by atoms with Crippen LogP contribution in [0.25, 0.3) is 0 Å². The first-order chi connectivity index (χ1) is 12.5. The molecule has 1 heterocycles. The van der Waals surface area contributed by atoms with E-state index in [0.717, 1.165) is 34.6 Å². The number of ether oxygens (including phenoxy) is 1. The van der Waals surface area contributed by atoms with E-state index < -0.39 is 12.0 Å². The number of carbonyl (C=O) groups excluding carboxylic acids is 3. The Labute approximate surface area is 154 Å². The number of rotatable bonds is 7. The van der Waals surface area contributed by atoms with Crippen molar-refractivity contribution in [3.05, 3.63) is 29.3 Å². The molecular weight excluding hydrogens is 334 g/mol. The Kier molecular flexibility index (Phi) is 7.15. The van der Waals surface area contributed by atoms with E-state index in [2.05, 4.69) is 29.2 Å². The Morgan fingerprint density at radius 3 is 2.50 bits per heavy atom. The number of benzene rings is 1. The molecule has 1 aromatic rings. The molecule has 0 bridgehead atoms. The molecule has 26 heavy (non-hydrogen) atoms. The molecule has 0 spiro atoms. The van der Waals surface area contributed by atoms with Crippen LogP contribution in [0.2, 0.25) is 0 Å². The van der Waals surface area contributed by atoms with Crippen LogP contribution in [0.1, 0.15) is 31.4 Å². The third-order valence-electron chi connectivity index (χ3n) is 4.80. The first-order valence-electron chi connectivity index (χ1n) is 9.09. The first-order valence-corrected chi connectivity index (χ1v) is 9.09. The fourth-order valence-electron chi connectivity index (χ4n) is 3.32. The van der Waals surface area contributed by atoms with Crippen LogP contribution in [-0.2, 0) is 32.0 Å². The van der Waals surface area contributed by atoms with Gasteiger partial charge in [-0.2, -0.15) is 0 Å². The largest absolute Gasteiger partial charge is 0.469 e. The minimum absolute atomic E-state index is 0.0310. The molecule has 0 aromatic heterocycles. The van der Waals surface area contributed by atoms with Crippen LogP contribution in [0, 0.1) is 0 Å². The van der Waals surface area contributed by atoms with Gasteiger partial charge in [0.05, 0.1) is 20.2 Å². The summed E-state index contributed by atoms with van der Waals surface area (Å²) >= 11 is 0. The maximum Gasteiger partial charge on any atom is 0.312 e. The molecule has 1 aliphatic heterocycles. The summed E-state index contributed by atoms with van der Waals surface area (Å²) < 4.78 is 4.68. The average molecular weight is 362 g/mol. The van der Waals surface area contributed by atoms with Gasteiger partial charge in [0.2, 0.25) is 0 Å². The number of nitrogens with one attached hydrogen (secondary N) is 3. The number of aryl methyl sites for hydroxylation is 2. The summed E-state index contributed by atoms with van der Waals surface area (Å²) in [5.41, 5.74) is 3.05. The molecule has 1 unspecified atom stereocenters. The lowest BCUT2D eigenvalue weighted by molar-refractivity contribution is -0.909. The summed E-state index contributed by atoms with van der Waals surface area (Å²) in [6.07, 6.45) is 1.62. The van der Waals surface area contributed by atoms with Crippen LogP contribution >= 0.6 is 0 Å². The molecule has 0 radical (unpaired) electrons. The standard InChI is InChI=1S/C19H27N3O4/c1-4-13-7-6-8-14(5-2)18(13)21-16(23)12-22-10-9-20-19(25)15(22)11-17(24)26-3/h6-8,15H,4-5,9-12H2,1-3H3,(H,20,25)(H,21,23)/p+1/t15-/m1/s1. The predicted molar refractivity (Wildman–Crippen MR) is 98.0 cm³/mol. The number of amides is 2. The molecule has 1 aliphatic rings. The monoisotopic (exact) mass is 362 g/mol. The van der Waals surface area contributed by atoms with Gasteiger partial charge in [-0.1, -0.05) is 32.0 Å². The van der Waals surface area contributed by atoms with Crippen molar-refractivity contribution in [1.29, 1.82) is 0 Å². The van der Waals surface area contributed by atoms with Crippen molar-refractivity contribution in [1.82, 2.24) is 5.32 Å². The topological polar surface area (TPSA) is 88.9 Å². The number of methoxy groups -OCH3 is 1. The molecular formula is C19H28N3O4+. The van der Waals surface area contributed by atoms with Gasteiger partial charge in [0, 0.05) is 5.69 Å². The van der Waals surface area contributed by atoms with Gasteiger partial charge in [0.15, 0.2) is 12.6 Å². The molecule has 3 N–H and O–H groups in total. The van der Waals surface area contributed by atoms with E-state index in [-0.39, 0.29) is 24.8 Å². The Hall–Kier alpha value is -2.41. The summed E-state index contributed by atoms with van der Waals surface area (Å²) in [6, 6.07) is 5.42. The summed E-state index contributed by atoms with van der Waals surface area (Å²) in [4.78, 5) is 37.2. The van der Waals surface area contributed by atoms with Crippen LogP contribution in [0.5, 0.6) is 0 Å². The van der Waals surface area contributed by atoms with E-state index in [1.54, 1.807) is 0 Å². The lowest BCUT2D eigenvalue weighted by atomic mass is 10.0. The summed E-state index contributed by atoms with van der Waals surface area (Å²) in [6.45, 7) is 5.33. The number of anilines is 1. The van der Waals surface area contributed by atoms with Crippen molar-refractivity contribution in [3.8, 4) is 0 Å². The van der Waals surface area contributed by atoms with E-state index in [1.165, 1.54) is 7.11 Å². The molecule has 1 saturated heterocycles. The summed E-state index contributed by atoms with van der Waals surface area (Å²) in [7, 11) is 1.30. The molecule has 2 rings (SSSR count). The Morgan fingerprint density at radius 2 is 1.92 bits per heavy atom. The number of hydrogen-bond acceptors (Lipinski definition) is 4. The van der Waals surface area contributed by atoms with Crippen LogP contribution in [0.4, 0.5) is 5.69 Å². The van der Waals surface area contributed by atoms with Crippen LogP contribution in [-0.4, -0.2) is 50.6 Å². The van der Waals surface area contributed by atoms with E-state index in [1.807, 2.05) is 18.2 Å². The van der Waals surface area contributed by atoms with Crippen molar-refractivity contribution >= 4 is 23.5 Å². The second kappa shape index (κ2) is 9.33. The van der Waals surface area contributed by atoms with Crippen molar-refractivity contribution in [2.45, 2.75) is 39.2 Å². The smallest absolute Gasteiger partial charge is 0.312 e. The van der Waals surface area contributed by atoms with Crippen molar-refractivity contribution in [2.24, 2.45) is 0 Å². The molecule has 7 nitrogen and oxygen atoms in total. The number of hydrogen-bond donors (Lipinski definition) is 3. The average Bonchev–Trinajstić information content (AvgIpc) is 2.64. The van der Waals surface area contributed by atoms with Gasteiger partial charge in [-0.15, -0.1) is 0 Å². The van der Waals surface area contributed by atoms with Gasteiger partial charge < -0.3 is 20.3 Å². The van der Waals surface area contributed by atoms with E-state index in [4.69, 9.17) is 0 Å². The first kappa shape index (κ1) is 19.9. The highest BCUT2D eigenvalue weighted by Gasteiger charge is 2.36. The maximum atomic E-state index is 12.6. The fraction of sp³-hybridized carbons (Fsp3) is 0.526. The third kappa shape index (κ3) is 4.82. The van der Waals surface area contributed by atoms with Gasteiger partial charge in [0.25, 0.3) is 11.8 Å². The van der Waals surface area contributed by atoms with Gasteiger partial charge >= 0.3 is 5.97 Å². The van der Waals surface area contributed by atoms with E-state index in [0.29, 0.717) is 13.1 Å². The van der Waals surface area contributed by atoms with Crippen molar-refractivity contribution in [3.63, 3.8) is 0 Å². The zero-order valence-electron chi connectivity index (χ0n) is 15.7. The number of carbonyl (C=O) groups is 3. The molecule has 142 valence electrons. The fourth-order valence-corrected chi connectivity index (χ4v) is 3.32. The van der Waals surface area contributed by atoms with Gasteiger partial charge in [0.1, 0.15) is 6.42 Å². The number of esters is 1. The number of para-hydroxylation sites is 1. The number of quaternary nitrogens is 1. The Bertz CT molecular complexity index is 652. The minimum Gasteiger partial charge on any atom is -0.469 e. The molecule has 7 heteroatoms. The summed E-state index contributed by atoms with van der Waals surface area (Å²) in [5, 5.41) is 5.78. The zero-order chi connectivity index (χ0) is 19.1. The highest BCUT2D eigenvalue weighted by molar-refractivity contribution is 5.93. The zero-order valence-corrected chi connectivity index (χ0v) is 15.7. The van der Waals surface area contributed by atoms with Crippen molar-refractivity contribution < 1.29 is 24.0 Å². The van der Waals surface area contributed by atoms with Gasteiger partial charge in [-0.3, -0.25) is 14.4 Å². The predicted octanol–water partition coefficient (Wildman–Crippen LogP) is -0.304. The highest BCUT2D eigenvalue weighted by atomic mass is 16.5. The van der Waals surface area contributed by atoms with Crippen LogP contribution < -0.4 is 15.5 Å². The maximum absolute atomic E-state index is 12.6. The van der Waals surface area contributed by atoms with E-state index in [9.17, 15) is 14.4 Å². The van der Waals surface area contributed by atoms with Crippen molar-refractivity contribution in [2.75, 3.05) is 32.1 Å². The van der Waals surface area contributed by atoms with Crippen LogP contribution in [0.15, 0.2) is 18.2 Å². The van der Waals surface area contributed by atoms with E-state index >= 15 is 0 Å². The lowest BCUT2D eigenvalue weighted by Crippen LogP contribution is -3.20. The molecule has 1 aromatic carbocycles. The lowest BCUT2D eigenvalue weighted by Gasteiger charge is -2.31. The Morgan fingerprint density at radius 1 is 1.27 bits per heavy atom. The molecule has 0 aliphatic carbocycles. The number of piperazine rings is 1. The second-order valence-electron chi connectivity index (χ2n) is 6.42. The quantitative estimate of drug-likeness (QED) is 0.581. The minimum atomic E-state index is -0.603. The second-order valence-corrected chi connectivity index (χ2v) is 6.42. The van der Waals surface area contributed by atoms with Gasteiger partial charge in [-0.25, -0.2) is 0 Å².